The number of carbonyl (C=O) groups is 1. The average molecular weight is 464 g/mol. The molecule has 11 heteroatoms. The molecule has 0 unspecified atom stereocenters. The number of aliphatic hydroxyl groups excluding tert-OH is 1. The maximum Gasteiger partial charge on any atom is 0.393 e. The monoisotopic (exact) mass is 464 g/mol. The molecule has 1 fully saturated rings. The van der Waals surface area contributed by atoms with Crippen LogP contribution in [0.3, 0.4) is 0 Å². The first-order chi connectivity index (χ1) is 15.2. The Kier molecular flexibility index (Phi) is 6.11. The van der Waals surface area contributed by atoms with Crippen molar-refractivity contribution >= 4 is 17.4 Å². The molecule has 3 aromatic rings. The van der Waals surface area contributed by atoms with Gasteiger partial charge in [0.05, 0.1) is 36.6 Å². The van der Waals surface area contributed by atoms with E-state index < -0.39 is 30.1 Å². The molecule has 2 aromatic heterocycles. The fourth-order valence-electron chi connectivity index (χ4n) is 3.36. The second-order valence-corrected chi connectivity index (χ2v) is 8.29. The average Bonchev–Trinajstić information content (AvgIpc) is 3.45. The summed E-state index contributed by atoms with van der Waals surface area (Å²) in [4.78, 5) is 25.9. The van der Waals surface area contributed by atoms with Crippen LogP contribution in [0.1, 0.15) is 28.8 Å². The van der Waals surface area contributed by atoms with Gasteiger partial charge in [0.15, 0.2) is 0 Å². The molecule has 7 nitrogen and oxygen atoms in total. The number of aromatic nitrogens is 3. The van der Waals surface area contributed by atoms with Crippen LogP contribution in [0.2, 0.25) is 0 Å². The number of amides is 1. The van der Waals surface area contributed by atoms with Crippen LogP contribution in [0, 0.1) is 5.92 Å². The van der Waals surface area contributed by atoms with Gasteiger partial charge in [0.25, 0.3) is 11.5 Å². The van der Waals surface area contributed by atoms with Crippen LogP contribution < -0.4 is 10.9 Å². The van der Waals surface area contributed by atoms with Gasteiger partial charge >= 0.3 is 6.18 Å². The Morgan fingerprint density at radius 1 is 1.28 bits per heavy atom. The molecule has 0 saturated heterocycles. The zero-order valence-corrected chi connectivity index (χ0v) is 17.5. The van der Waals surface area contributed by atoms with Crippen LogP contribution >= 0.6 is 11.5 Å². The fourth-order valence-corrected chi connectivity index (χ4v) is 3.86. The maximum absolute atomic E-state index is 13.0. The first kappa shape index (κ1) is 22.2. The number of aliphatic hydroxyl groups is 1. The quantitative estimate of drug-likeness (QED) is 0.561. The van der Waals surface area contributed by atoms with Crippen LogP contribution in [0.4, 0.5) is 13.2 Å². The summed E-state index contributed by atoms with van der Waals surface area (Å²) in [6, 6.07) is 6.46. The van der Waals surface area contributed by atoms with Crippen molar-refractivity contribution in [1.29, 1.82) is 0 Å². The highest BCUT2D eigenvalue weighted by molar-refractivity contribution is 7.03. The summed E-state index contributed by atoms with van der Waals surface area (Å²) in [5.74, 6) is -0.468. The summed E-state index contributed by atoms with van der Waals surface area (Å²) < 4.78 is 42.9. The van der Waals surface area contributed by atoms with Crippen molar-refractivity contribution in [1.82, 2.24) is 19.5 Å². The van der Waals surface area contributed by atoms with Gasteiger partial charge < -0.3 is 10.4 Å². The lowest BCUT2D eigenvalue weighted by Crippen LogP contribution is -2.42. The first-order valence-corrected chi connectivity index (χ1v) is 10.7. The smallest absolute Gasteiger partial charge is 0.393 e. The highest BCUT2D eigenvalue weighted by Gasteiger charge is 2.32. The summed E-state index contributed by atoms with van der Waals surface area (Å²) >= 11 is 1.10. The number of hydrogen-bond acceptors (Lipinski definition) is 6. The molecule has 1 saturated carbocycles. The van der Waals surface area contributed by atoms with Gasteiger partial charge in [-0.1, -0.05) is 24.3 Å². The Balaban J connectivity index is 1.72. The van der Waals surface area contributed by atoms with Crippen molar-refractivity contribution in [3.05, 3.63) is 63.4 Å². The normalized spacial score (nSPS) is 14.9. The molecule has 1 aromatic carbocycles. The minimum absolute atomic E-state index is 0.0878. The van der Waals surface area contributed by atoms with Gasteiger partial charge in [-0.15, -0.1) is 0 Å². The molecule has 1 atom stereocenters. The minimum atomic E-state index is -4.32. The molecular formula is C21H19F3N4O3S. The van der Waals surface area contributed by atoms with Crippen LogP contribution in [-0.4, -0.2) is 44.0 Å². The third-order valence-electron chi connectivity index (χ3n) is 5.18. The predicted molar refractivity (Wildman–Crippen MR) is 112 cm³/mol. The summed E-state index contributed by atoms with van der Waals surface area (Å²) in [5, 5.41) is 18.1. The van der Waals surface area contributed by atoms with E-state index in [1.807, 2.05) is 0 Å². The Bertz CT molecular complexity index is 1160. The van der Waals surface area contributed by atoms with Crippen molar-refractivity contribution in [2.45, 2.75) is 31.5 Å². The predicted octanol–water partition coefficient (Wildman–Crippen LogP) is 2.96. The Morgan fingerprint density at radius 2 is 2.00 bits per heavy atom. The lowest BCUT2D eigenvalue weighted by Gasteiger charge is -2.16. The van der Waals surface area contributed by atoms with Crippen LogP contribution in [0.15, 0.2) is 46.7 Å². The van der Waals surface area contributed by atoms with Gasteiger partial charge in [-0.3, -0.25) is 9.59 Å². The van der Waals surface area contributed by atoms with Crippen LogP contribution in [-0.2, 0) is 6.42 Å². The third kappa shape index (κ3) is 5.05. The third-order valence-corrected chi connectivity index (χ3v) is 5.75. The summed E-state index contributed by atoms with van der Waals surface area (Å²) in [7, 11) is 0. The van der Waals surface area contributed by atoms with Gasteiger partial charge in [-0.05, 0) is 41.9 Å². The fraction of sp³-hybridized carbons (Fsp3) is 0.333. The maximum atomic E-state index is 13.0. The second-order valence-electron chi connectivity index (χ2n) is 7.63. The molecule has 4 rings (SSSR count). The second kappa shape index (κ2) is 8.83. The molecule has 2 heterocycles. The van der Waals surface area contributed by atoms with E-state index >= 15 is 0 Å². The van der Waals surface area contributed by atoms with E-state index in [2.05, 4.69) is 14.8 Å². The molecule has 2 N–H and O–H groups in total. The summed E-state index contributed by atoms with van der Waals surface area (Å²) in [5.41, 5.74) is 0.303. The Morgan fingerprint density at radius 3 is 2.56 bits per heavy atom. The van der Waals surface area contributed by atoms with E-state index in [4.69, 9.17) is 0 Å². The molecule has 0 spiro atoms. The Labute approximate surface area is 184 Å². The number of hydrogen-bond donors (Lipinski definition) is 2. The molecular weight excluding hydrogens is 445 g/mol. The van der Waals surface area contributed by atoms with Crippen LogP contribution in [0.5, 0.6) is 0 Å². The number of rotatable bonds is 7. The Hall–Kier alpha value is -3.05. The van der Waals surface area contributed by atoms with Gasteiger partial charge in [0, 0.05) is 10.9 Å². The highest BCUT2D eigenvalue weighted by atomic mass is 32.1. The van der Waals surface area contributed by atoms with Crippen molar-refractivity contribution in [2.75, 3.05) is 6.61 Å². The molecule has 168 valence electrons. The molecule has 0 bridgehead atoms. The van der Waals surface area contributed by atoms with Crippen molar-refractivity contribution in [3.8, 4) is 16.9 Å². The molecule has 1 aliphatic rings. The number of benzene rings is 1. The van der Waals surface area contributed by atoms with Crippen LogP contribution in [0.25, 0.3) is 16.9 Å². The van der Waals surface area contributed by atoms with E-state index in [0.29, 0.717) is 11.3 Å². The lowest BCUT2D eigenvalue weighted by atomic mass is 10.1. The van der Waals surface area contributed by atoms with E-state index in [0.717, 1.165) is 29.1 Å². The number of alkyl halides is 3. The number of halogens is 3. The SMILES string of the molecule is O=C(N[C@H](CO)C1CC1)c1cc(-c2ccc(CC(F)(F)F)cc2)nn(-c2cnsc2)c1=O. The van der Waals surface area contributed by atoms with Gasteiger partial charge in [-0.25, -0.2) is 0 Å². The summed E-state index contributed by atoms with van der Waals surface area (Å²) in [6.45, 7) is -0.238. The number of nitrogens with one attached hydrogen (secondary N) is 1. The van der Waals surface area contributed by atoms with E-state index in [1.54, 1.807) is 5.38 Å². The lowest BCUT2D eigenvalue weighted by molar-refractivity contribution is -0.127. The molecule has 0 aliphatic heterocycles. The van der Waals surface area contributed by atoms with E-state index in [9.17, 15) is 27.9 Å². The molecule has 32 heavy (non-hydrogen) atoms. The summed E-state index contributed by atoms with van der Waals surface area (Å²) in [6.07, 6.45) is -2.17. The van der Waals surface area contributed by atoms with Gasteiger partial charge in [0.2, 0.25) is 0 Å². The van der Waals surface area contributed by atoms with Crippen molar-refractivity contribution < 1.29 is 23.1 Å². The van der Waals surface area contributed by atoms with Crippen molar-refractivity contribution in [2.24, 2.45) is 5.92 Å². The molecule has 1 aliphatic carbocycles. The zero-order valence-electron chi connectivity index (χ0n) is 16.7. The first-order valence-electron chi connectivity index (χ1n) is 9.87. The molecule has 0 radical (unpaired) electrons. The zero-order chi connectivity index (χ0) is 22.9. The number of carbonyl (C=O) groups excluding carboxylic acids is 1. The van der Waals surface area contributed by atoms with Gasteiger partial charge in [-0.2, -0.15) is 27.3 Å². The van der Waals surface area contributed by atoms with E-state index in [1.165, 1.54) is 36.5 Å². The highest BCUT2D eigenvalue weighted by Crippen LogP contribution is 2.32. The topological polar surface area (TPSA) is 97.1 Å². The van der Waals surface area contributed by atoms with Crippen molar-refractivity contribution in [3.63, 3.8) is 0 Å². The van der Waals surface area contributed by atoms with Gasteiger partial charge in [0.1, 0.15) is 5.56 Å². The molecule has 1 amide bonds. The standard InChI is InChI=1S/C21H19F3N4O3S/c22-21(23,24)8-12-1-3-13(4-2-12)17-7-16(19(30)26-18(10-29)14-5-6-14)20(31)28(27-17)15-9-25-32-11-15/h1-4,7,9,11,14,18,29H,5-6,8,10H2,(H,26,30)/t18-/m1/s1. The number of nitrogens with zero attached hydrogens (tertiary/aromatic N) is 3. The van der Waals surface area contributed by atoms with E-state index in [-0.39, 0.29) is 29.3 Å². The largest absolute Gasteiger partial charge is 0.394 e. The minimum Gasteiger partial charge on any atom is -0.394 e.